The van der Waals surface area contributed by atoms with Gasteiger partial charge in [-0.15, -0.1) is 0 Å². The van der Waals surface area contributed by atoms with Gasteiger partial charge in [-0.3, -0.25) is 4.79 Å². The van der Waals surface area contributed by atoms with Crippen LogP contribution in [0.5, 0.6) is 0 Å². The number of nitrogen functional groups attached to an aromatic ring is 1. The van der Waals surface area contributed by atoms with Gasteiger partial charge < -0.3 is 15.8 Å². The van der Waals surface area contributed by atoms with E-state index in [0.717, 1.165) is 0 Å². The number of carbonyl (C=O) groups is 2. The Bertz CT molecular complexity index is 544. The Balaban J connectivity index is 2.99. The van der Waals surface area contributed by atoms with Gasteiger partial charge in [0.2, 0.25) is 0 Å². The number of nitrogens with one attached hydrogen (secondary N) is 1. The molecule has 1 aromatic rings. The zero-order valence-electron chi connectivity index (χ0n) is 12.7. The van der Waals surface area contributed by atoms with Crippen molar-refractivity contribution in [3.05, 3.63) is 27.7 Å². The summed E-state index contributed by atoms with van der Waals surface area (Å²) in [5.41, 5.74) is 7.50. The number of nitrogens with two attached hydrogens (primary N) is 1. The van der Waals surface area contributed by atoms with Crippen LogP contribution in [0.2, 0.25) is 0 Å². The number of amides is 1. The van der Waals surface area contributed by atoms with E-state index in [4.69, 9.17) is 10.5 Å². The summed E-state index contributed by atoms with van der Waals surface area (Å²) in [6, 6.07) is 2.75. The number of ether oxygens (including phenoxy) is 1. The van der Waals surface area contributed by atoms with Gasteiger partial charge in [-0.2, -0.15) is 0 Å². The van der Waals surface area contributed by atoms with Crippen molar-refractivity contribution in [2.24, 2.45) is 5.92 Å². The van der Waals surface area contributed by atoms with E-state index in [-0.39, 0.29) is 11.8 Å². The lowest BCUT2D eigenvalue weighted by Gasteiger charge is -2.19. The Hall–Kier alpha value is -1.56. The second-order valence-electron chi connectivity index (χ2n) is 5.35. The van der Waals surface area contributed by atoms with Crippen molar-refractivity contribution in [1.29, 1.82) is 0 Å². The minimum absolute atomic E-state index is 0.253. The topological polar surface area (TPSA) is 81.4 Å². The van der Waals surface area contributed by atoms with Gasteiger partial charge in [0.05, 0.1) is 7.11 Å². The fourth-order valence-corrected chi connectivity index (χ4v) is 2.48. The van der Waals surface area contributed by atoms with Gasteiger partial charge in [0.15, 0.2) is 0 Å². The molecule has 0 aliphatic rings. The predicted molar refractivity (Wildman–Crippen MR) is 86.0 cm³/mol. The summed E-state index contributed by atoms with van der Waals surface area (Å²) in [6.45, 7) is 5.72. The molecule has 3 N–H and O–H groups in total. The number of rotatable bonds is 5. The summed E-state index contributed by atoms with van der Waals surface area (Å²) in [7, 11) is 1.31. The van der Waals surface area contributed by atoms with E-state index in [9.17, 15) is 9.59 Å². The van der Waals surface area contributed by atoms with Crippen LogP contribution in [-0.2, 0) is 9.53 Å². The van der Waals surface area contributed by atoms with Crippen LogP contribution in [0.4, 0.5) is 5.69 Å². The molecule has 116 valence electrons. The lowest BCUT2D eigenvalue weighted by Crippen LogP contribution is -2.42. The second kappa shape index (κ2) is 7.45. The summed E-state index contributed by atoms with van der Waals surface area (Å²) < 4.78 is 5.46. The maximum absolute atomic E-state index is 12.4. The van der Waals surface area contributed by atoms with Gasteiger partial charge in [0, 0.05) is 15.7 Å². The van der Waals surface area contributed by atoms with Gasteiger partial charge in [0.1, 0.15) is 6.04 Å². The number of anilines is 1. The number of halogens is 1. The number of hydrogen-bond acceptors (Lipinski definition) is 4. The maximum Gasteiger partial charge on any atom is 0.328 e. The van der Waals surface area contributed by atoms with Crippen LogP contribution >= 0.6 is 15.9 Å². The molecule has 0 fully saturated rings. The second-order valence-corrected chi connectivity index (χ2v) is 6.26. The molecule has 1 rings (SSSR count). The molecule has 1 unspecified atom stereocenters. The molecule has 1 aromatic carbocycles. The Morgan fingerprint density at radius 1 is 1.38 bits per heavy atom. The lowest BCUT2D eigenvalue weighted by atomic mass is 10.0. The third kappa shape index (κ3) is 4.74. The number of esters is 1. The van der Waals surface area contributed by atoms with Gasteiger partial charge in [-0.05, 0) is 37.0 Å². The van der Waals surface area contributed by atoms with E-state index in [2.05, 4.69) is 21.2 Å². The maximum atomic E-state index is 12.4. The Kier molecular flexibility index (Phi) is 6.20. The molecule has 0 aromatic heterocycles. The van der Waals surface area contributed by atoms with Crippen LogP contribution in [0, 0.1) is 12.8 Å². The van der Waals surface area contributed by atoms with Crippen LogP contribution in [0.3, 0.4) is 0 Å². The molecule has 5 nitrogen and oxygen atoms in total. The van der Waals surface area contributed by atoms with Crippen LogP contribution in [-0.4, -0.2) is 25.0 Å². The number of hydrogen-bond donors (Lipinski definition) is 2. The smallest absolute Gasteiger partial charge is 0.328 e. The summed E-state index contributed by atoms with van der Waals surface area (Å²) in [4.78, 5) is 24.1. The van der Waals surface area contributed by atoms with Crippen molar-refractivity contribution in [2.75, 3.05) is 12.8 Å². The zero-order chi connectivity index (χ0) is 16.2. The molecule has 21 heavy (non-hydrogen) atoms. The van der Waals surface area contributed by atoms with Crippen molar-refractivity contribution in [3.8, 4) is 0 Å². The summed E-state index contributed by atoms with van der Waals surface area (Å²) >= 11 is 3.31. The molecule has 0 saturated heterocycles. The van der Waals surface area contributed by atoms with Crippen LogP contribution in [0.25, 0.3) is 0 Å². The average molecular weight is 357 g/mol. The number of benzene rings is 1. The Labute approximate surface area is 133 Å². The molecule has 0 aliphatic carbocycles. The Morgan fingerprint density at radius 2 is 2.00 bits per heavy atom. The van der Waals surface area contributed by atoms with Crippen LogP contribution in [0.1, 0.15) is 36.2 Å². The minimum Gasteiger partial charge on any atom is -0.467 e. The van der Waals surface area contributed by atoms with Crippen molar-refractivity contribution >= 4 is 33.5 Å². The zero-order valence-corrected chi connectivity index (χ0v) is 14.3. The fourth-order valence-electron chi connectivity index (χ4n) is 2.00. The minimum atomic E-state index is -0.665. The van der Waals surface area contributed by atoms with Gasteiger partial charge in [-0.1, -0.05) is 29.8 Å². The molecule has 0 bridgehead atoms. The molecule has 1 amide bonds. The first-order valence-electron chi connectivity index (χ1n) is 6.70. The Morgan fingerprint density at radius 3 is 2.52 bits per heavy atom. The molecule has 0 heterocycles. The quantitative estimate of drug-likeness (QED) is 0.627. The normalized spacial score (nSPS) is 12.1. The predicted octanol–water partition coefficient (Wildman–Crippen LogP) is 2.66. The van der Waals surface area contributed by atoms with Crippen molar-refractivity contribution < 1.29 is 14.3 Å². The SMILES string of the molecule is COC(=O)C(CC(C)C)NC(=O)c1cc(Br)cc(N)c1C. The average Bonchev–Trinajstić information content (AvgIpc) is 2.40. The first-order chi connectivity index (χ1) is 9.76. The molecule has 6 heteroatoms. The van der Waals surface area contributed by atoms with E-state index in [1.165, 1.54) is 7.11 Å². The highest BCUT2D eigenvalue weighted by Gasteiger charge is 2.24. The summed E-state index contributed by atoms with van der Waals surface area (Å²) in [5, 5.41) is 2.72. The molecule has 0 saturated carbocycles. The van der Waals surface area contributed by atoms with E-state index in [1.807, 2.05) is 13.8 Å². The highest BCUT2D eigenvalue weighted by atomic mass is 79.9. The van der Waals surface area contributed by atoms with Gasteiger partial charge >= 0.3 is 5.97 Å². The monoisotopic (exact) mass is 356 g/mol. The summed E-state index contributed by atoms with van der Waals surface area (Å²) in [5.74, 6) is -0.530. The fraction of sp³-hybridized carbons (Fsp3) is 0.467. The first-order valence-corrected chi connectivity index (χ1v) is 7.49. The van der Waals surface area contributed by atoms with E-state index >= 15 is 0 Å². The largest absolute Gasteiger partial charge is 0.467 e. The first kappa shape index (κ1) is 17.5. The highest BCUT2D eigenvalue weighted by molar-refractivity contribution is 9.10. The van der Waals surface area contributed by atoms with E-state index in [1.54, 1.807) is 19.1 Å². The van der Waals surface area contributed by atoms with Crippen LogP contribution < -0.4 is 11.1 Å². The molecule has 0 spiro atoms. The van der Waals surface area contributed by atoms with Crippen molar-refractivity contribution in [3.63, 3.8) is 0 Å². The van der Waals surface area contributed by atoms with Crippen LogP contribution in [0.15, 0.2) is 16.6 Å². The molecule has 1 atom stereocenters. The standard InChI is InChI=1S/C15H21BrN2O3/c1-8(2)5-13(15(20)21-4)18-14(19)11-6-10(16)7-12(17)9(11)3/h6-8,13H,5,17H2,1-4H3,(H,18,19). The van der Waals surface area contributed by atoms with Gasteiger partial charge in [-0.25, -0.2) is 4.79 Å². The highest BCUT2D eigenvalue weighted by Crippen LogP contribution is 2.23. The third-order valence-electron chi connectivity index (χ3n) is 3.16. The van der Waals surface area contributed by atoms with Crippen molar-refractivity contribution in [2.45, 2.75) is 33.2 Å². The van der Waals surface area contributed by atoms with E-state index < -0.39 is 12.0 Å². The number of carbonyl (C=O) groups excluding carboxylic acids is 2. The lowest BCUT2D eigenvalue weighted by molar-refractivity contribution is -0.143. The molecule has 0 radical (unpaired) electrons. The van der Waals surface area contributed by atoms with E-state index in [0.29, 0.717) is 27.7 Å². The molecular weight excluding hydrogens is 336 g/mol. The molecular formula is C15H21BrN2O3. The molecule has 0 aliphatic heterocycles. The van der Waals surface area contributed by atoms with Gasteiger partial charge in [0.25, 0.3) is 5.91 Å². The number of methoxy groups -OCH3 is 1. The third-order valence-corrected chi connectivity index (χ3v) is 3.61. The van der Waals surface area contributed by atoms with Crippen molar-refractivity contribution in [1.82, 2.24) is 5.32 Å². The summed E-state index contributed by atoms with van der Waals surface area (Å²) in [6.07, 6.45) is 0.515.